The molecule has 1 heterocycles. The maximum absolute atomic E-state index is 13.2. The molecule has 0 bridgehead atoms. The number of benzene rings is 2. The predicted molar refractivity (Wildman–Crippen MR) is 81.8 cm³/mol. The first kappa shape index (κ1) is 12.4. The molecule has 0 amide bonds. The van der Waals surface area contributed by atoms with E-state index in [9.17, 15) is 4.39 Å². The number of halogens is 1. The van der Waals surface area contributed by atoms with Gasteiger partial charge in [-0.1, -0.05) is 24.3 Å². The van der Waals surface area contributed by atoms with Gasteiger partial charge < -0.3 is 10.3 Å². The smallest absolute Gasteiger partial charge is 0.201 e. The molecule has 0 unspecified atom stereocenters. The van der Waals surface area contributed by atoms with Crippen LogP contribution in [0.25, 0.3) is 11.0 Å². The Labute approximate surface area is 122 Å². The number of nitrogens with one attached hydrogen (secondary N) is 2. The van der Waals surface area contributed by atoms with E-state index >= 15 is 0 Å². The highest BCUT2D eigenvalue weighted by molar-refractivity contribution is 5.77. The van der Waals surface area contributed by atoms with Gasteiger partial charge in [0.15, 0.2) is 0 Å². The minimum absolute atomic E-state index is 0.249. The summed E-state index contributed by atoms with van der Waals surface area (Å²) in [7, 11) is 0. The van der Waals surface area contributed by atoms with Gasteiger partial charge in [0.1, 0.15) is 5.82 Å². The maximum Gasteiger partial charge on any atom is 0.201 e. The van der Waals surface area contributed by atoms with Gasteiger partial charge in [-0.3, -0.25) is 0 Å². The number of imidazole rings is 1. The molecule has 0 saturated heterocycles. The van der Waals surface area contributed by atoms with Crippen molar-refractivity contribution in [1.29, 1.82) is 0 Å². The van der Waals surface area contributed by atoms with E-state index in [4.69, 9.17) is 0 Å². The zero-order valence-corrected chi connectivity index (χ0v) is 11.6. The predicted octanol–water partition coefficient (Wildman–Crippen LogP) is 4.19. The van der Waals surface area contributed by atoms with Crippen molar-refractivity contribution >= 4 is 17.0 Å². The number of aryl methyl sites for hydroxylation is 1. The van der Waals surface area contributed by atoms with E-state index in [0.29, 0.717) is 5.95 Å². The lowest BCUT2D eigenvalue weighted by Gasteiger charge is -2.26. The normalized spacial score (nSPS) is 17.7. The number of aromatic amines is 1. The zero-order valence-electron chi connectivity index (χ0n) is 11.6. The van der Waals surface area contributed by atoms with Crippen molar-refractivity contribution in [3.05, 3.63) is 59.4 Å². The van der Waals surface area contributed by atoms with Gasteiger partial charge in [0.2, 0.25) is 5.95 Å². The molecule has 1 aliphatic rings. The summed E-state index contributed by atoms with van der Waals surface area (Å²) in [6.07, 6.45) is 3.39. The summed E-state index contributed by atoms with van der Waals surface area (Å²) in [5, 5.41) is 3.46. The molecule has 4 heteroatoms. The van der Waals surface area contributed by atoms with Crippen LogP contribution in [0.15, 0.2) is 42.5 Å². The Bertz CT molecular complexity index is 794. The van der Waals surface area contributed by atoms with E-state index in [0.717, 1.165) is 23.9 Å². The molecule has 21 heavy (non-hydrogen) atoms. The molecular weight excluding hydrogens is 265 g/mol. The summed E-state index contributed by atoms with van der Waals surface area (Å²) in [6, 6.07) is 13.4. The monoisotopic (exact) mass is 281 g/mol. The minimum atomic E-state index is -0.249. The fourth-order valence-corrected chi connectivity index (χ4v) is 3.12. The fourth-order valence-electron chi connectivity index (χ4n) is 3.12. The number of aromatic nitrogens is 2. The van der Waals surface area contributed by atoms with Crippen LogP contribution in [0.3, 0.4) is 0 Å². The third-order valence-corrected chi connectivity index (χ3v) is 4.12. The summed E-state index contributed by atoms with van der Waals surface area (Å²) < 4.78 is 13.2. The third-order valence-electron chi connectivity index (χ3n) is 4.12. The molecule has 4 rings (SSSR count). The van der Waals surface area contributed by atoms with Crippen LogP contribution in [-0.4, -0.2) is 9.97 Å². The van der Waals surface area contributed by atoms with Crippen LogP contribution in [0.4, 0.5) is 10.3 Å². The van der Waals surface area contributed by atoms with Gasteiger partial charge >= 0.3 is 0 Å². The number of H-pyrrole nitrogens is 1. The van der Waals surface area contributed by atoms with Gasteiger partial charge in [-0.05, 0) is 48.6 Å². The quantitative estimate of drug-likeness (QED) is 0.739. The highest BCUT2D eigenvalue weighted by Crippen LogP contribution is 2.32. The second-order valence-electron chi connectivity index (χ2n) is 5.53. The topological polar surface area (TPSA) is 40.7 Å². The molecule has 2 N–H and O–H groups in total. The number of hydrogen-bond donors (Lipinski definition) is 2. The number of anilines is 1. The van der Waals surface area contributed by atoms with Crippen LogP contribution in [0.1, 0.15) is 30.0 Å². The number of nitrogens with zero attached hydrogens (tertiary/aromatic N) is 1. The van der Waals surface area contributed by atoms with Crippen molar-refractivity contribution in [3.63, 3.8) is 0 Å². The molecule has 0 saturated carbocycles. The van der Waals surface area contributed by atoms with Crippen LogP contribution in [0.2, 0.25) is 0 Å². The molecule has 1 atom stereocenters. The largest absolute Gasteiger partial charge is 0.349 e. The first-order chi connectivity index (χ1) is 10.3. The summed E-state index contributed by atoms with van der Waals surface area (Å²) in [5.41, 5.74) is 4.25. The van der Waals surface area contributed by atoms with Gasteiger partial charge in [0.25, 0.3) is 0 Å². The molecule has 1 aliphatic carbocycles. The summed E-state index contributed by atoms with van der Waals surface area (Å²) in [4.78, 5) is 7.64. The van der Waals surface area contributed by atoms with E-state index in [1.807, 2.05) is 0 Å². The molecule has 0 aliphatic heterocycles. The van der Waals surface area contributed by atoms with Crippen molar-refractivity contribution in [1.82, 2.24) is 9.97 Å². The maximum atomic E-state index is 13.2. The lowest BCUT2D eigenvalue weighted by atomic mass is 9.88. The van der Waals surface area contributed by atoms with Crippen molar-refractivity contribution in [2.24, 2.45) is 0 Å². The Balaban J connectivity index is 1.66. The Morgan fingerprint density at radius 2 is 2.10 bits per heavy atom. The standard InChI is InChI=1S/C17H16FN3/c18-12-8-9-15-16(10-12)21-17(20-15)19-14-7-3-5-11-4-1-2-6-13(11)14/h1-2,4,6,8-10,14H,3,5,7H2,(H2,19,20,21)/t14-/m1/s1. The van der Waals surface area contributed by atoms with Gasteiger partial charge in [0.05, 0.1) is 17.1 Å². The highest BCUT2D eigenvalue weighted by atomic mass is 19.1. The first-order valence-electron chi connectivity index (χ1n) is 7.29. The molecule has 3 nitrogen and oxygen atoms in total. The Morgan fingerprint density at radius 3 is 3.05 bits per heavy atom. The molecule has 0 fully saturated rings. The average Bonchev–Trinajstić information content (AvgIpc) is 2.89. The van der Waals surface area contributed by atoms with Gasteiger partial charge in [-0.15, -0.1) is 0 Å². The first-order valence-corrected chi connectivity index (χ1v) is 7.29. The second-order valence-corrected chi connectivity index (χ2v) is 5.53. The Kier molecular flexibility index (Phi) is 2.88. The SMILES string of the molecule is Fc1ccc2nc(N[C@@H]3CCCc4ccccc43)[nH]c2c1. The molecule has 3 aromatic rings. The Morgan fingerprint density at radius 1 is 1.19 bits per heavy atom. The van der Waals surface area contributed by atoms with E-state index < -0.39 is 0 Å². The molecule has 0 spiro atoms. The van der Waals surface area contributed by atoms with Crippen LogP contribution in [-0.2, 0) is 6.42 Å². The molecule has 1 aromatic heterocycles. The van der Waals surface area contributed by atoms with E-state index in [-0.39, 0.29) is 11.9 Å². The van der Waals surface area contributed by atoms with Crippen molar-refractivity contribution in [2.45, 2.75) is 25.3 Å². The van der Waals surface area contributed by atoms with Crippen molar-refractivity contribution in [3.8, 4) is 0 Å². The van der Waals surface area contributed by atoms with E-state index in [1.165, 1.54) is 29.7 Å². The summed E-state index contributed by atoms with van der Waals surface area (Å²) in [6.45, 7) is 0. The Hall–Kier alpha value is -2.36. The van der Waals surface area contributed by atoms with Gasteiger partial charge in [-0.2, -0.15) is 0 Å². The third kappa shape index (κ3) is 2.27. The van der Waals surface area contributed by atoms with E-state index in [1.54, 1.807) is 6.07 Å². The van der Waals surface area contributed by atoms with Gasteiger partial charge in [-0.25, -0.2) is 9.37 Å². The minimum Gasteiger partial charge on any atom is -0.349 e. The fraction of sp³-hybridized carbons (Fsp3) is 0.235. The summed E-state index contributed by atoms with van der Waals surface area (Å²) >= 11 is 0. The highest BCUT2D eigenvalue weighted by Gasteiger charge is 2.20. The van der Waals surface area contributed by atoms with Crippen LogP contribution in [0.5, 0.6) is 0 Å². The molecule has 2 aromatic carbocycles. The van der Waals surface area contributed by atoms with Crippen molar-refractivity contribution < 1.29 is 4.39 Å². The number of rotatable bonds is 2. The summed E-state index contributed by atoms with van der Waals surface area (Å²) in [5.74, 6) is 0.456. The van der Waals surface area contributed by atoms with Crippen molar-refractivity contribution in [2.75, 3.05) is 5.32 Å². The lowest BCUT2D eigenvalue weighted by Crippen LogP contribution is -2.17. The lowest BCUT2D eigenvalue weighted by molar-refractivity contribution is 0.597. The average molecular weight is 281 g/mol. The van der Waals surface area contributed by atoms with Crippen LogP contribution >= 0.6 is 0 Å². The molecule has 0 radical (unpaired) electrons. The van der Waals surface area contributed by atoms with E-state index in [2.05, 4.69) is 39.6 Å². The van der Waals surface area contributed by atoms with Crippen LogP contribution < -0.4 is 5.32 Å². The van der Waals surface area contributed by atoms with Gasteiger partial charge in [0, 0.05) is 0 Å². The number of fused-ring (bicyclic) bond motifs is 2. The molecule has 106 valence electrons. The number of hydrogen-bond acceptors (Lipinski definition) is 2. The van der Waals surface area contributed by atoms with Crippen LogP contribution in [0, 0.1) is 5.82 Å². The molecular formula is C17H16FN3. The second kappa shape index (κ2) is 4.88. The zero-order chi connectivity index (χ0) is 14.2.